The van der Waals surface area contributed by atoms with Crippen molar-refractivity contribution in [1.82, 2.24) is 14.8 Å². The molecule has 1 heterocycles. The molecule has 11 heteroatoms. The van der Waals surface area contributed by atoms with E-state index in [1.165, 1.54) is 6.07 Å². The van der Waals surface area contributed by atoms with Crippen LogP contribution in [0.5, 0.6) is 0 Å². The molecule has 0 radical (unpaired) electrons. The second kappa shape index (κ2) is 11.1. The maximum absolute atomic E-state index is 13.6. The Bertz CT molecular complexity index is 1430. The quantitative estimate of drug-likeness (QED) is 0.255. The minimum absolute atomic E-state index is 0.0998. The molecule has 42 heavy (non-hydrogen) atoms. The van der Waals surface area contributed by atoms with Gasteiger partial charge in [0.05, 0.1) is 11.9 Å². The van der Waals surface area contributed by atoms with Crippen molar-refractivity contribution in [2.75, 3.05) is 11.5 Å². The van der Waals surface area contributed by atoms with Crippen LogP contribution in [0.4, 0.5) is 5.95 Å². The molecule has 0 unspecified atom stereocenters. The normalized spacial score (nSPS) is 36.0. The van der Waals surface area contributed by atoms with E-state index in [-0.39, 0.29) is 45.8 Å². The van der Waals surface area contributed by atoms with Crippen LogP contribution in [0.2, 0.25) is 5.02 Å². The lowest BCUT2D eigenvalue weighted by Crippen LogP contribution is -2.63. The number of benzene rings is 1. The van der Waals surface area contributed by atoms with Crippen LogP contribution >= 0.6 is 23.4 Å². The van der Waals surface area contributed by atoms with E-state index >= 15 is 0 Å². The number of hydrogen-bond acceptors (Lipinski definition) is 9. The van der Waals surface area contributed by atoms with Crippen LogP contribution in [-0.2, 0) is 14.3 Å². The van der Waals surface area contributed by atoms with Gasteiger partial charge in [0.15, 0.2) is 0 Å². The SMILES string of the molecule is C=C[C@]1(C)C[C@@H](OC(=O)CSc2nc(N)n(C(=O)c3cccc(Cl)c3)n2)[C@]2(C)[C@H](C)CC[C@]3(CCC(=O)[C@H]32)[C@@H](C)[C@@H]1O. The van der Waals surface area contributed by atoms with Crippen molar-refractivity contribution in [3.8, 4) is 0 Å². The Hall–Kier alpha value is -2.69. The van der Waals surface area contributed by atoms with Gasteiger partial charge in [-0.3, -0.25) is 14.4 Å². The van der Waals surface area contributed by atoms with Crippen LogP contribution < -0.4 is 5.73 Å². The van der Waals surface area contributed by atoms with Gasteiger partial charge in [-0.05, 0) is 61.1 Å². The number of anilines is 1. The summed E-state index contributed by atoms with van der Waals surface area (Å²) in [7, 11) is 0. The number of esters is 1. The summed E-state index contributed by atoms with van der Waals surface area (Å²) in [6.45, 7) is 12.3. The number of Topliss-reactive ketones (excluding diaryl/α,β-unsaturated/α-hetero) is 1. The predicted molar refractivity (Wildman–Crippen MR) is 161 cm³/mol. The number of nitrogen functional groups attached to an aromatic ring is 1. The van der Waals surface area contributed by atoms with Crippen LogP contribution in [0, 0.1) is 34.0 Å². The lowest BCUT2D eigenvalue weighted by atomic mass is 9.44. The number of nitrogens with zero attached hydrogens (tertiary/aromatic N) is 3. The Kier molecular flexibility index (Phi) is 8.13. The molecular weight excluding hydrogens is 576 g/mol. The fraction of sp³-hybridized carbons (Fsp3) is 0.581. The zero-order valence-corrected chi connectivity index (χ0v) is 26.1. The molecule has 0 saturated heterocycles. The molecule has 3 saturated carbocycles. The second-order valence-electron chi connectivity index (χ2n) is 12.8. The monoisotopic (exact) mass is 614 g/mol. The Morgan fingerprint density at radius 1 is 1.31 bits per heavy atom. The number of carbonyl (C=O) groups is 3. The number of carbonyl (C=O) groups excluding carboxylic acids is 3. The molecule has 3 fully saturated rings. The molecule has 3 aliphatic rings. The first-order chi connectivity index (χ1) is 19.8. The number of ether oxygens (including phenoxy) is 1. The summed E-state index contributed by atoms with van der Waals surface area (Å²) in [5, 5.41) is 16.4. The molecule has 9 nitrogen and oxygen atoms in total. The minimum Gasteiger partial charge on any atom is -0.461 e. The van der Waals surface area contributed by atoms with E-state index in [4.69, 9.17) is 22.1 Å². The Labute approximate surface area is 255 Å². The summed E-state index contributed by atoms with van der Waals surface area (Å²) in [5.74, 6) is -1.28. The third kappa shape index (κ3) is 4.89. The number of halogens is 1. The zero-order valence-electron chi connectivity index (χ0n) is 24.5. The largest absolute Gasteiger partial charge is 0.461 e. The van der Waals surface area contributed by atoms with Crippen molar-refractivity contribution >= 4 is 47.0 Å². The molecule has 2 aromatic rings. The van der Waals surface area contributed by atoms with Crippen molar-refractivity contribution in [2.24, 2.45) is 34.0 Å². The molecule has 2 bridgehead atoms. The highest BCUT2D eigenvalue weighted by Gasteiger charge is 2.68. The number of nitrogens with two attached hydrogens (primary N) is 1. The summed E-state index contributed by atoms with van der Waals surface area (Å²) in [6.07, 6.45) is 3.77. The van der Waals surface area contributed by atoms with Crippen LogP contribution in [0.25, 0.3) is 0 Å². The maximum Gasteiger partial charge on any atom is 0.316 e. The van der Waals surface area contributed by atoms with Crippen molar-refractivity contribution in [3.05, 3.63) is 47.5 Å². The molecular formula is C31H39ClN4O5S. The first-order valence-electron chi connectivity index (χ1n) is 14.5. The Morgan fingerprint density at radius 2 is 2.05 bits per heavy atom. The summed E-state index contributed by atoms with van der Waals surface area (Å²) >= 11 is 7.03. The number of aromatic nitrogens is 3. The third-order valence-electron chi connectivity index (χ3n) is 10.8. The van der Waals surface area contributed by atoms with Gasteiger partial charge in [-0.2, -0.15) is 9.67 Å². The zero-order chi connectivity index (χ0) is 30.6. The highest BCUT2D eigenvalue weighted by Crippen LogP contribution is 2.68. The average Bonchev–Trinajstić information content (AvgIpc) is 3.52. The average molecular weight is 615 g/mol. The minimum atomic E-state index is -0.731. The number of ketones is 1. The Balaban J connectivity index is 1.38. The van der Waals surface area contributed by atoms with E-state index in [0.29, 0.717) is 23.4 Å². The van der Waals surface area contributed by atoms with Gasteiger partial charge in [0.2, 0.25) is 11.1 Å². The number of hydrogen-bond donors (Lipinski definition) is 2. The van der Waals surface area contributed by atoms with Gasteiger partial charge in [0.1, 0.15) is 11.9 Å². The number of thioether (sulfide) groups is 1. The van der Waals surface area contributed by atoms with E-state index in [9.17, 15) is 19.5 Å². The molecule has 5 rings (SSSR count). The van der Waals surface area contributed by atoms with Gasteiger partial charge < -0.3 is 15.6 Å². The Morgan fingerprint density at radius 3 is 2.74 bits per heavy atom. The summed E-state index contributed by atoms with van der Waals surface area (Å²) in [4.78, 5) is 44.0. The third-order valence-corrected chi connectivity index (χ3v) is 11.8. The molecule has 226 valence electrons. The van der Waals surface area contributed by atoms with Gasteiger partial charge >= 0.3 is 5.97 Å². The van der Waals surface area contributed by atoms with E-state index in [1.807, 2.05) is 6.92 Å². The van der Waals surface area contributed by atoms with E-state index < -0.39 is 34.9 Å². The first kappa shape index (κ1) is 30.8. The number of aliphatic hydroxyl groups is 1. The first-order valence-corrected chi connectivity index (χ1v) is 15.8. The topological polar surface area (TPSA) is 137 Å². The van der Waals surface area contributed by atoms with Crippen LogP contribution in [-0.4, -0.2) is 55.5 Å². The van der Waals surface area contributed by atoms with Gasteiger partial charge in [-0.25, -0.2) is 0 Å². The van der Waals surface area contributed by atoms with Crippen molar-refractivity contribution in [3.63, 3.8) is 0 Å². The lowest BCUT2D eigenvalue weighted by Gasteiger charge is -2.61. The van der Waals surface area contributed by atoms with E-state index in [2.05, 4.69) is 37.4 Å². The molecule has 8 atom stereocenters. The highest BCUT2D eigenvalue weighted by molar-refractivity contribution is 7.99. The standard InChI is InChI=1S/C31H39ClN4O5S/c1-6-29(4)15-22(30(5)17(2)10-12-31(18(3)25(29)39)13-11-21(37)24(30)31)41-23(38)16-42-28-34-27(33)36(35-28)26(40)19-8-7-9-20(32)14-19/h6-9,14,17-18,22,24-25,39H,1,10-13,15-16H2,2-5H3,(H2,33,34,35)/t17-,18+,22-,24+,25+,29-,30+,31+/m1/s1. The van der Waals surface area contributed by atoms with Crippen LogP contribution in [0.3, 0.4) is 0 Å². The molecule has 3 aliphatic carbocycles. The molecule has 1 aromatic heterocycles. The van der Waals surface area contributed by atoms with Gasteiger partial charge in [-0.15, -0.1) is 11.7 Å². The van der Waals surface area contributed by atoms with E-state index in [1.54, 1.807) is 24.3 Å². The predicted octanol–water partition coefficient (Wildman–Crippen LogP) is 5.20. The van der Waals surface area contributed by atoms with Crippen molar-refractivity contribution in [1.29, 1.82) is 0 Å². The number of rotatable bonds is 6. The smallest absolute Gasteiger partial charge is 0.316 e. The van der Waals surface area contributed by atoms with Gasteiger partial charge in [0.25, 0.3) is 5.91 Å². The molecule has 0 amide bonds. The van der Waals surface area contributed by atoms with Crippen molar-refractivity contribution in [2.45, 2.75) is 77.2 Å². The fourth-order valence-electron chi connectivity index (χ4n) is 8.08. The van der Waals surface area contributed by atoms with Gasteiger partial charge in [0, 0.05) is 33.8 Å². The molecule has 1 aromatic carbocycles. The summed E-state index contributed by atoms with van der Waals surface area (Å²) < 4.78 is 7.24. The summed E-state index contributed by atoms with van der Waals surface area (Å²) in [6, 6.07) is 6.41. The lowest BCUT2D eigenvalue weighted by molar-refractivity contribution is -0.205. The fourth-order valence-corrected chi connectivity index (χ4v) is 8.88. The maximum atomic E-state index is 13.6. The van der Waals surface area contributed by atoms with Crippen LogP contribution in [0.15, 0.2) is 42.1 Å². The van der Waals surface area contributed by atoms with E-state index in [0.717, 1.165) is 35.7 Å². The molecule has 0 spiro atoms. The molecule has 0 aliphatic heterocycles. The summed E-state index contributed by atoms with van der Waals surface area (Å²) in [5.41, 5.74) is 4.61. The van der Waals surface area contributed by atoms with Crippen LogP contribution in [0.1, 0.15) is 70.2 Å². The van der Waals surface area contributed by atoms with Gasteiger partial charge in [-0.1, -0.05) is 63.2 Å². The number of aliphatic hydroxyl groups excluding tert-OH is 1. The highest BCUT2D eigenvalue weighted by atomic mass is 35.5. The molecule has 3 N–H and O–H groups in total. The second-order valence-corrected chi connectivity index (χ2v) is 14.2. The van der Waals surface area contributed by atoms with Crippen molar-refractivity contribution < 1.29 is 24.2 Å².